The maximum absolute atomic E-state index is 12.9. The first-order valence-corrected chi connectivity index (χ1v) is 10.9. The van der Waals surface area contributed by atoms with E-state index in [1.54, 1.807) is 32.1 Å². The molecular formula is C24H25N3O6. The number of amides is 1. The molecule has 0 bridgehead atoms. The van der Waals surface area contributed by atoms with Crippen LogP contribution in [-0.4, -0.2) is 54.3 Å². The molecule has 9 nitrogen and oxygen atoms in total. The fraction of sp³-hybridized carbons (Fsp3) is 0.417. The van der Waals surface area contributed by atoms with Gasteiger partial charge in [0.1, 0.15) is 0 Å². The number of esters is 1. The first-order valence-electron chi connectivity index (χ1n) is 10.9. The maximum atomic E-state index is 12.9. The van der Waals surface area contributed by atoms with Crippen LogP contribution in [0.4, 0.5) is 0 Å². The van der Waals surface area contributed by atoms with Gasteiger partial charge in [0.2, 0.25) is 0 Å². The van der Waals surface area contributed by atoms with E-state index in [9.17, 15) is 9.59 Å². The van der Waals surface area contributed by atoms with Crippen molar-refractivity contribution in [2.45, 2.75) is 38.6 Å². The van der Waals surface area contributed by atoms with Crippen LogP contribution in [0.2, 0.25) is 0 Å². The van der Waals surface area contributed by atoms with Gasteiger partial charge in [-0.1, -0.05) is 5.16 Å². The Bertz CT molecular complexity index is 1250. The Morgan fingerprint density at radius 2 is 1.85 bits per heavy atom. The zero-order valence-electron chi connectivity index (χ0n) is 18.8. The summed E-state index contributed by atoms with van der Waals surface area (Å²) >= 11 is 0. The number of methoxy groups -OCH3 is 2. The van der Waals surface area contributed by atoms with Gasteiger partial charge in [-0.05, 0) is 55.5 Å². The van der Waals surface area contributed by atoms with Gasteiger partial charge in [0, 0.05) is 24.7 Å². The average Bonchev–Trinajstić information content (AvgIpc) is 3.63. The third-order valence-electron chi connectivity index (χ3n) is 6.25. The predicted molar refractivity (Wildman–Crippen MR) is 117 cm³/mol. The van der Waals surface area contributed by atoms with Gasteiger partial charge in [0.15, 0.2) is 18.1 Å². The van der Waals surface area contributed by atoms with Gasteiger partial charge < -0.3 is 23.6 Å². The average molecular weight is 451 g/mol. The van der Waals surface area contributed by atoms with E-state index < -0.39 is 5.97 Å². The lowest BCUT2D eigenvalue weighted by Gasteiger charge is -2.29. The van der Waals surface area contributed by atoms with E-state index in [-0.39, 0.29) is 12.5 Å². The van der Waals surface area contributed by atoms with Gasteiger partial charge >= 0.3 is 5.97 Å². The Hall–Kier alpha value is -3.62. The second kappa shape index (κ2) is 8.38. The molecule has 0 N–H and O–H groups in total. The third-order valence-corrected chi connectivity index (χ3v) is 6.25. The highest BCUT2D eigenvalue weighted by molar-refractivity contribution is 6.03. The zero-order chi connectivity index (χ0) is 23.1. The van der Waals surface area contributed by atoms with Gasteiger partial charge in [0.25, 0.3) is 11.6 Å². The lowest BCUT2D eigenvalue weighted by molar-refractivity contribution is -0.135. The monoisotopic (exact) mass is 451 g/mol. The van der Waals surface area contributed by atoms with Crippen LogP contribution in [0.3, 0.4) is 0 Å². The number of carbonyl (C=O) groups excluding carboxylic acids is 2. The Kier molecular flexibility index (Phi) is 5.39. The summed E-state index contributed by atoms with van der Waals surface area (Å²) in [5.41, 5.74) is 4.14. The summed E-state index contributed by atoms with van der Waals surface area (Å²) in [6.45, 7) is 2.37. The first kappa shape index (κ1) is 21.2. The van der Waals surface area contributed by atoms with Crippen molar-refractivity contribution >= 4 is 23.0 Å². The van der Waals surface area contributed by atoms with E-state index in [0.717, 1.165) is 29.7 Å². The van der Waals surface area contributed by atoms with Crippen LogP contribution in [0, 0.1) is 6.92 Å². The molecule has 0 saturated heterocycles. The Balaban J connectivity index is 1.29. The number of ether oxygens (including phenoxy) is 3. The molecule has 0 spiro atoms. The van der Waals surface area contributed by atoms with Crippen molar-refractivity contribution in [3.05, 3.63) is 46.3 Å². The lowest BCUT2D eigenvalue weighted by Crippen LogP contribution is -2.38. The topological polar surface area (TPSA) is 104 Å². The number of hydrogen-bond donors (Lipinski definition) is 0. The molecule has 3 aromatic rings. The molecule has 172 valence electrons. The molecular weight excluding hydrogens is 426 g/mol. The Morgan fingerprint density at radius 1 is 1.12 bits per heavy atom. The Labute approximate surface area is 190 Å². The number of rotatable bonds is 6. The van der Waals surface area contributed by atoms with Crippen LogP contribution < -0.4 is 9.47 Å². The van der Waals surface area contributed by atoms with E-state index in [1.807, 2.05) is 12.1 Å². The van der Waals surface area contributed by atoms with E-state index in [1.165, 1.54) is 0 Å². The number of pyridine rings is 1. The molecule has 2 aliphatic rings. The number of fused-ring (bicyclic) bond motifs is 2. The lowest BCUT2D eigenvalue weighted by atomic mass is 9.99. The molecule has 1 aliphatic heterocycles. The smallest absolute Gasteiger partial charge is 0.339 e. The van der Waals surface area contributed by atoms with E-state index in [0.29, 0.717) is 59.3 Å². The minimum Gasteiger partial charge on any atom is -0.493 e. The summed E-state index contributed by atoms with van der Waals surface area (Å²) in [6.07, 6.45) is 2.75. The number of nitrogens with zero attached hydrogens (tertiary/aromatic N) is 3. The highest BCUT2D eigenvalue weighted by atomic mass is 16.5. The molecule has 0 radical (unpaired) electrons. The summed E-state index contributed by atoms with van der Waals surface area (Å²) in [4.78, 5) is 31.9. The van der Waals surface area contributed by atoms with Crippen molar-refractivity contribution in [3.8, 4) is 11.5 Å². The molecule has 33 heavy (non-hydrogen) atoms. The predicted octanol–water partition coefficient (Wildman–Crippen LogP) is 3.17. The molecule has 9 heteroatoms. The highest BCUT2D eigenvalue weighted by Gasteiger charge is 2.30. The van der Waals surface area contributed by atoms with Crippen LogP contribution in [0.5, 0.6) is 11.5 Å². The minimum absolute atomic E-state index is 0.251. The summed E-state index contributed by atoms with van der Waals surface area (Å²) in [5, 5.41) is 4.47. The largest absolute Gasteiger partial charge is 0.493 e. The third kappa shape index (κ3) is 3.99. The van der Waals surface area contributed by atoms with Crippen LogP contribution >= 0.6 is 0 Å². The van der Waals surface area contributed by atoms with Crippen molar-refractivity contribution in [2.24, 2.45) is 0 Å². The van der Waals surface area contributed by atoms with Gasteiger partial charge in [-0.3, -0.25) is 4.79 Å². The maximum Gasteiger partial charge on any atom is 0.339 e. The minimum atomic E-state index is -0.576. The molecule has 1 aliphatic carbocycles. The molecule has 0 atom stereocenters. The summed E-state index contributed by atoms with van der Waals surface area (Å²) in [5.74, 6) is 0.792. The first-order chi connectivity index (χ1) is 16.0. The molecule has 1 saturated carbocycles. The van der Waals surface area contributed by atoms with Gasteiger partial charge in [-0.25, -0.2) is 9.78 Å². The molecule has 5 rings (SSSR count). The highest BCUT2D eigenvalue weighted by Crippen LogP contribution is 2.40. The standard InChI is InChI=1S/C24H25N3O6/c1-13-22-17(10-18(14-4-5-14)25-23(22)33-26-13)24(29)32-12-21(28)27-7-6-15-8-19(30-2)20(31-3)9-16(15)11-27/h8-10,14H,4-7,11-12H2,1-3H3. The second-order valence-corrected chi connectivity index (χ2v) is 8.43. The quantitative estimate of drug-likeness (QED) is 0.527. The molecule has 1 amide bonds. The fourth-order valence-electron chi connectivity index (χ4n) is 4.26. The van der Waals surface area contributed by atoms with Gasteiger partial charge in [-0.15, -0.1) is 0 Å². The van der Waals surface area contributed by atoms with Crippen LogP contribution in [0.15, 0.2) is 22.7 Å². The normalized spacial score (nSPS) is 15.3. The second-order valence-electron chi connectivity index (χ2n) is 8.43. The zero-order valence-corrected chi connectivity index (χ0v) is 18.8. The van der Waals surface area contributed by atoms with Gasteiger partial charge in [0.05, 0.1) is 30.9 Å². The van der Waals surface area contributed by atoms with E-state index >= 15 is 0 Å². The Morgan fingerprint density at radius 3 is 2.55 bits per heavy atom. The number of carbonyl (C=O) groups is 2. The summed E-state index contributed by atoms with van der Waals surface area (Å²) in [7, 11) is 3.18. The van der Waals surface area contributed by atoms with E-state index in [4.69, 9.17) is 18.7 Å². The van der Waals surface area contributed by atoms with Crippen LogP contribution in [-0.2, 0) is 22.5 Å². The fourth-order valence-corrected chi connectivity index (χ4v) is 4.26. The number of aryl methyl sites for hydroxylation is 1. The van der Waals surface area contributed by atoms with Crippen molar-refractivity contribution in [1.29, 1.82) is 0 Å². The summed E-state index contributed by atoms with van der Waals surface area (Å²) in [6, 6.07) is 5.58. The molecule has 3 heterocycles. The van der Waals surface area contributed by atoms with Crippen molar-refractivity contribution in [1.82, 2.24) is 15.0 Å². The SMILES string of the molecule is COc1cc2c(cc1OC)CN(C(=O)COC(=O)c1cc(C3CC3)nc3onc(C)c13)CC2. The molecule has 1 aromatic carbocycles. The van der Waals surface area contributed by atoms with Crippen LogP contribution in [0.25, 0.3) is 11.1 Å². The number of hydrogen-bond acceptors (Lipinski definition) is 8. The van der Waals surface area contributed by atoms with Gasteiger partial charge in [-0.2, -0.15) is 0 Å². The van der Waals surface area contributed by atoms with Crippen LogP contribution in [0.1, 0.15) is 51.6 Å². The summed E-state index contributed by atoms with van der Waals surface area (Å²) < 4.78 is 21.5. The van der Waals surface area contributed by atoms with Crippen molar-refractivity contribution in [3.63, 3.8) is 0 Å². The van der Waals surface area contributed by atoms with Crippen molar-refractivity contribution in [2.75, 3.05) is 27.4 Å². The number of aromatic nitrogens is 2. The van der Waals surface area contributed by atoms with E-state index in [2.05, 4.69) is 10.1 Å². The molecule has 2 aromatic heterocycles. The molecule has 0 unspecified atom stereocenters. The number of benzene rings is 1. The van der Waals surface area contributed by atoms with Crippen molar-refractivity contribution < 1.29 is 28.3 Å². The molecule has 1 fully saturated rings.